The third kappa shape index (κ3) is 2.97. The highest BCUT2D eigenvalue weighted by molar-refractivity contribution is 9.10. The molecule has 3 nitrogen and oxygen atoms in total. The third-order valence-electron chi connectivity index (χ3n) is 2.47. The molecule has 0 atom stereocenters. The van der Waals surface area contributed by atoms with E-state index in [1.54, 1.807) is 24.5 Å². The maximum Gasteiger partial charge on any atom is 0.229 e. The van der Waals surface area contributed by atoms with Crippen LogP contribution in [-0.2, 0) is 6.54 Å². The SMILES string of the molecule is CCCNCc1coc(-c2cccc(Br)c2F)n1. The molecule has 0 aliphatic heterocycles. The molecule has 1 aromatic heterocycles. The van der Waals surface area contributed by atoms with Crippen molar-refractivity contribution in [1.29, 1.82) is 0 Å². The topological polar surface area (TPSA) is 38.1 Å². The minimum atomic E-state index is -0.354. The highest BCUT2D eigenvalue weighted by atomic mass is 79.9. The van der Waals surface area contributed by atoms with Gasteiger partial charge in [-0.05, 0) is 41.0 Å². The maximum atomic E-state index is 13.8. The summed E-state index contributed by atoms with van der Waals surface area (Å²) in [4.78, 5) is 4.26. The molecule has 2 rings (SSSR count). The summed E-state index contributed by atoms with van der Waals surface area (Å²) >= 11 is 3.14. The number of halogens is 2. The van der Waals surface area contributed by atoms with Crippen LogP contribution in [0.5, 0.6) is 0 Å². The predicted octanol–water partition coefficient (Wildman–Crippen LogP) is 3.74. The van der Waals surface area contributed by atoms with Gasteiger partial charge in [-0.25, -0.2) is 9.37 Å². The summed E-state index contributed by atoms with van der Waals surface area (Å²) in [6, 6.07) is 5.04. The molecule has 2 aromatic rings. The van der Waals surface area contributed by atoms with Crippen molar-refractivity contribution in [1.82, 2.24) is 10.3 Å². The molecular weight excluding hydrogens is 299 g/mol. The van der Waals surface area contributed by atoms with Crippen LogP contribution >= 0.6 is 15.9 Å². The van der Waals surface area contributed by atoms with Gasteiger partial charge in [-0.15, -0.1) is 0 Å². The van der Waals surface area contributed by atoms with Gasteiger partial charge in [0.15, 0.2) is 0 Å². The lowest BCUT2D eigenvalue weighted by atomic mass is 10.2. The molecule has 5 heteroatoms. The Morgan fingerprint density at radius 3 is 3.06 bits per heavy atom. The average molecular weight is 313 g/mol. The monoisotopic (exact) mass is 312 g/mol. The Labute approximate surface area is 114 Å². The largest absolute Gasteiger partial charge is 0.444 e. The minimum absolute atomic E-state index is 0.307. The van der Waals surface area contributed by atoms with Crippen LogP contribution < -0.4 is 5.32 Å². The van der Waals surface area contributed by atoms with Crippen molar-refractivity contribution in [2.24, 2.45) is 0 Å². The van der Waals surface area contributed by atoms with Crippen LogP contribution in [-0.4, -0.2) is 11.5 Å². The minimum Gasteiger partial charge on any atom is -0.444 e. The van der Waals surface area contributed by atoms with E-state index >= 15 is 0 Å². The van der Waals surface area contributed by atoms with Crippen LogP contribution in [0.4, 0.5) is 4.39 Å². The van der Waals surface area contributed by atoms with E-state index in [1.165, 1.54) is 0 Å². The van der Waals surface area contributed by atoms with Gasteiger partial charge < -0.3 is 9.73 Å². The number of benzene rings is 1. The molecule has 0 saturated carbocycles. The Morgan fingerprint density at radius 1 is 1.44 bits per heavy atom. The van der Waals surface area contributed by atoms with Gasteiger partial charge in [0.1, 0.15) is 12.1 Å². The number of hydrogen-bond acceptors (Lipinski definition) is 3. The number of rotatable bonds is 5. The van der Waals surface area contributed by atoms with Crippen molar-refractivity contribution in [3.8, 4) is 11.5 Å². The normalized spacial score (nSPS) is 10.8. The van der Waals surface area contributed by atoms with Crippen molar-refractivity contribution in [2.45, 2.75) is 19.9 Å². The number of hydrogen-bond donors (Lipinski definition) is 1. The second-order valence-corrected chi connectivity index (χ2v) is 4.78. The zero-order valence-corrected chi connectivity index (χ0v) is 11.6. The second kappa shape index (κ2) is 6.11. The van der Waals surface area contributed by atoms with Crippen LogP contribution in [0.25, 0.3) is 11.5 Å². The van der Waals surface area contributed by atoms with Gasteiger partial charge in [0.2, 0.25) is 5.89 Å². The Balaban J connectivity index is 2.16. The highest BCUT2D eigenvalue weighted by Crippen LogP contribution is 2.27. The summed E-state index contributed by atoms with van der Waals surface area (Å²) in [5, 5.41) is 3.22. The van der Waals surface area contributed by atoms with Gasteiger partial charge in [-0.3, -0.25) is 0 Å². The summed E-state index contributed by atoms with van der Waals surface area (Å²) in [5.41, 5.74) is 1.14. The molecule has 0 fully saturated rings. The molecule has 0 amide bonds. The summed E-state index contributed by atoms with van der Waals surface area (Å²) in [6.07, 6.45) is 2.61. The summed E-state index contributed by atoms with van der Waals surface area (Å²) in [5.74, 6) is -0.0467. The first-order valence-corrected chi connectivity index (χ1v) is 6.61. The average Bonchev–Trinajstić information content (AvgIpc) is 2.82. The van der Waals surface area contributed by atoms with E-state index in [4.69, 9.17) is 4.42 Å². The van der Waals surface area contributed by atoms with Crippen LogP contribution in [0.3, 0.4) is 0 Å². The van der Waals surface area contributed by atoms with E-state index in [1.807, 2.05) is 0 Å². The van der Waals surface area contributed by atoms with E-state index in [2.05, 4.69) is 33.2 Å². The number of aromatic nitrogens is 1. The molecule has 0 spiro atoms. The number of oxazole rings is 1. The Morgan fingerprint density at radius 2 is 2.28 bits per heavy atom. The molecule has 1 heterocycles. The van der Waals surface area contributed by atoms with Crippen molar-refractivity contribution < 1.29 is 8.81 Å². The Kier molecular flexibility index (Phi) is 4.49. The first kappa shape index (κ1) is 13.2. The number of nitrogens with zero attached hydrogens (tertiary/aromatic N) is 1. The summed E-state index contributed by atoms with van der Waals surface area (Å²) in [7, 11) is 0. The fourth-order valence-corrected chi connectivity index (χ4v) is 1.94. The van der Waals surface area contributed by atoms with Gasteiger partial charge in [0.05, 0.1) is 15.7 Å². The van der Waals surface area contributed by atoms with E-state index < -0.39 is 0 Å². The molecular formula is C13H14BrFN2O. The molecule has 0 aliphatic carbocycles. The molecule has 0 bridgehead atoms. The van der Waals surface area contributed by atoms with Crippen LogP contribution in [0, 0.1) is 5.82 Å². The molecule has 0 saturated heterocycles. The van der Waals surface area contributed by atoms with Crippen LogP contribution in [0.1, 0.15) is 19.0 Å². The second-order valence-electron chi connectivity index (χ2n) is 3.92. The van der Waals surface area contributed by atoms with Gasteiger partial charge >= 0.3 is 0 Å². The molecule has 1 N–H and O–H groups in total. The number of nitrogens with one attached hydrogen (secondary N) is 1. The first-order valence-electron chi connectivity index (χ1n) is 5.82. The lowest BCUT2D eigenvalue weighted by molar-refractivity contribution is 0.557. The zero-order chi connectivity index (χ0) is 13.0. The van der Waals surface area contributed by atoms with Crippen molar-refractivity contribution in [2.75, 3.05) is 6.54 Å². The van der Waals surface area contributed by atoms with Crippen LogP contribution in [0.2, 0.25) is 0 Å². The van der Waals surface area contributed by atoms with Gasteiger partial charge in [-0.1, -0.05) is 13.0 Å². The first-order chi connectivity index (χ1) is 8.72. The maximum absolute atomic E-state index is 13.8. The van der Waals surface area contributed by atoms with E-state index in [0.29, 0.717) is 22.5 Å². The predicted molar refractivity (Wildman–Crippen MR) is 71.6 cm³/mol. The molecule has 0 radical (unpaired) electrons. The fourth-order valence-electron chi connectivity index (χ4n) is 1.57. The zero-order valence-electron chi connectivity index (χ0n) is 10.0. The summed E-state index contributed by atoms with van der Waals surface area (Å²) in [6.45, 7) is 3.65. The molecule has 0 aliphatic rings. The Bertz CT molecular complexity index is 527. The van der Waals surface area contributed by atoms with Crippen LogP contribution in [0.15, 0.2) is 33.4 Å². The third-order valence-corrected chi connectivity index (χ3v) is 3.08. The molecule has 0 unspecified atom stereocenters. The standard InChI is InChI=1S/C13H14BrFN2O/c1-2-6-16-7-9-8-18-13(17-9)10-4-3-5-11(14)12(10)15/h3-5,8,16H,2,6-7H2,1H3. The van der Waals surface area contributed by atoms with E-state index in [9.17, 15) is 4.39 Å². The fraction of sp³-hybridized carbons (Fsp3) is 0.308. The van der Waals surface area contributed by atoms with Gasteiger partial charge in [0.25, 0.3) is 0 Å². The Hall–Kier alpha value is -1.20. The highest BCUT2D eigenvalue weighted by Gasteiger charge is 2.13. The van der Waals surface area contributed by atoms with Gasteiger partial charge in [-0.2, -0.15) is 0 Å². The van der Waals surface area contributed by atoms with Gasteiger partial charge in [0, 0.05) is 6.54 Å². The molecule has 96 valence electrons. The van der Waals surface area contributed by atoms with E-state index in [0.717, 1.165) is 18.7 Å². The lowest BCUT2D eigenvalue weighted by Gasteiger charge is -2.00. The smallest absolute Gasteiger partial charge is 0.229 e. The summed E-state index contributed by atoms with van der Waals surface area (Å²) < 4.78 is 19.6. The van der Waals surface area contributed by atoms with E-state index in [-0.39, 0.29) is 5.82 Å². The van der Waals surface area contributed by atoms with Crippen molar-refractivity contribution >= 4 is 15.9 Å². The lowest BCUT2D eigenvalue weighted by Crippen LogP contribution is -2.13. The van der Waals surface area contributed by atoms with Crippen molar-refractivity contribution in [3.05, 3.63) is 40.4 Å². The molecule has 18 heavy (non-hydrogen) atoms. The molecule has 1 aromatic carbocycles. The van der Waals surface area contributed by atoms with Crippen molar-refractivity contribution in [3.63, 3.8) is 0 Å². The quantitative estimate of drug-likeness (QED) is 0.855.